The van der Waals surface area contributed by atoms with Gasteiger partial charge in [0.2, 0.25) is 0 Å². The van der Waals surface area contributed by atoms with Crippen LogP contribution in [0.15, 0.2) is 71.2 Å². The quantitative estimate of drug-likeness (QED) is 0.236. The molecule has 0 saturated carbocycles. The Morgan fingerprint density at radius 1 is 1.19 bits per heavy atom. The van der Waals surface area contributed by atoms with Crippen LogP contribution in [0.5, 0.6) is 5.75 Å². The van der Waals surface area contributed by atoms with Crippen LogP contribution in [0, 0.1) is 0 Å². The Hall–Kier alpha value is -3.65. The van der Waals surface area contributed by atoms with Gasteiger partial charge in [-0.1, -0.05) is 23.4 Å². The van der Waals surface area contributed by atoms with Crippen molar-refractivity contribution in [2.75, 3.05) is 14.2 Å². The van der Waals surface area contributed by atoms with Crippen molar-refractivity contribution in [3.05, 3.63) is 78.2 Å². The molecule has 0 bridgehead atoms. The number of carbonyl (C=O) groups excluding carboxylic acids is 1. The second kappa shape index (κ2) is 11.0. The molecule has 0 aliphatic heterocycles. The van der Waals surface area contributed by atoms with E-state index in [-0.39, 0.29) is 17.2 Å². The van der Waals surface area contributed by atoms with Crippen molar-refractivity contribution >= 4 is 27.3 Å². The molecule has 0 saturated heterocycles. The number of hydroxylamine groups is 1. The maximum absolute atomic E-state index is 13.1. The predicted molar refractivity (Wildman–Crippen MR) is 132 cm³/mol. The molecule has 1 atom stereocenters. The van der Waals surface area contributed by atoms with E-state index >= 15 is 0 Å². The van der Waals surface area contributed by atoms with Gasteiger partial charge in [0.05, 0.1) is 36.1 Å². The van der Waals surface area contributed by atoms with Gasteiger partial charge in [0.15, 0.2) is 0 Å². The van der Waals surface area contributed by atoms with Crippen LogP contribution in [0.1, 0.15) is 17.3 Å². The third-order valence-electron chi connectivity index (χ3n) is 5.43. The van der Waals surface area contributed by atoms with E-state index in [4.69, 9.17) is 4.74 Å². The number of hydrogen-bond acceptors (Lipinski definition) is 9. The van der Waals surface area contributed by atoms with Gasteiger partial charge >= 0.3 is 0 Å². The molecule has 1 amide bonds. The number of rotatable bonds is 10. The first-order valence-electron chi connectivity index (χ1n) is 10.8. The third kappa shape index (κ3) is 5.60. The van der Waals surface area contributed by atoms with Crippen LogP contribution < -0.4 is 10.2 Å². The van der Waals surface area contributed by atoms with E-state index in [1.54, 1.807) is 61.3 Å². The number of hydrogen-bond donors (Lipinski definition) is 2. The Labute approximate surface area is 212 Å². The van der Waals surface area contributed by atoms with Gasteiger partial charge in [-0.3, -0.25) is 15.0 Å². The first-order chi connectivity index (χ1) is 17.3. The number of carbonyl (C=O) groups is 1. The molecule has 3 aromatic heterocycles. The summed E-state index contributed by atoms with van der Waals surface area (Å²) in [6.07, 6.45) is 3.36. The highest BCUT2D eigenvalue weighted by molar-refractivity contribution is 7.91. The number of methoxy groups -OCH3 is 1. The molecule has 13 heteroatoms. The number of nitrogens with one attached hydrogen (secondary N) is 1. The SMILES string of the molecule is COc1ccc(C[C@@H](C(=O)NO)n2cc(CN(C)S(=O)(=O)c3ccc(-c4ccccn4)s3)nn2)cc1. The van der Waals surface area contributed by atoms with E-state index in [0.717, 1.165) is 21.8 Å². The van der Waals surface area contributed by atoms with Crippen molar-refractivity contribution in [1.82, 2.24) is 29.8 Å². The van der Waals surface area contributed by atoms with Gasteiger partial charge in [0.25, 0.3) is 15.9 Å². The molecule has 0 radical (unpaired) electrons. The average molecular weight is 529 g/mol. The molecule has 4 rings (SSSR count). The molecule has 0 aliphatic carbocycles. The van der Waals surface area contributed by atoms with Gasteiger partial charge in [0.1, 0.15) is 16.0 Å². The van der Waals surface area contributed by atoms with Gasteiger partial charge in [0, 0.05) is 19.7 Å². The summed E-state index contributed by atoms with van der Waals surface area (Å²) in [5.41, 5.74) is 3.50. The first kappa shape index (κ1) is 25.4. The van der Waals surface area contributed by atoms with Crippen LogP contribution in [0.3, 0.4) is 0 Å². The summed E-state index contributed by atoms with van der Waals surface area (Å²) >= 11 is 1.13. The standard InChI is InChI=1S/C23H24N6O5S2/c1-28(36(32,33)22-11-10-21(35-22)19-5-3-4-12-24-19)14-17-15-29(27-25-17)20(23(30)26-31)13-16-6-8-18(34-2)9-7-16/h3-12,15,20,31H,13-14H2,1-2H3,(H,26,30)/t20-/m0/s1. The largest absolute Gasteiger partial charge is 0.497 e. The summed E-state index contributed by atoms with van der Waals surface area (Å²) in [4.78, 5) is 17.4. The highest BCUT2D eigenvalue weighted by Crippen LogP contribution is 2.31. The summed E-state index contributed by atoms with van der Waals surface area (Å²) in [6.45, 7) is -0.0604. The zero-order chi connectivity index (χ0) is 25.7. The number of amides is 1. The minimum atomic E-state index is -3.80. The lowest BCUT2D eigenvalue weighted by Gasteiger charge is -2.15. The first-order valence-corrected chi connectivity index (χ1v) is 13.0. The minimum absolute atomic E-state index is 0.0604. The van der Waals surface area contributed by atoms with Crippen LogP contribution in [-0.4, -0.2) is 58.0 Å². The van der Waals surface area contributed by atoms with E-state index in [1.807, 2.05) is 12.1 Å². The molecule has 4 aromatic rings. The molecule has 36 heavy (non-hydrogen) atoms. The summed E-state index contributed by atoms with van der Waals surface area (Å²) in [6, 6.07) is 14.9. The molecule has 188 valence electrons. The zero-order valence-electron chi connectivity index (χ0n) is 19.5. The maximum Gasteiger partial charge on any atom is 0.268 e. The van der Waals surface area contributed by atoms with Gasteiger partial charge in [-0.25, -0.2) is 18.6 Å². The van der Waals surface area contributed by atoms with Crippen LogP contribution in [0.2, 0.25) is 0 Å². The van der Waals surface area contributed by atoms with Crippen LogP contribution >= 0.6 is 11.3 Å². The highest BCUT2D eigenvalue weighted by atomic mass is 32.2. The molecular formula is C23H24N6O5S2. The molecule has 11 nitrogen and oxygen atoms in total. The van der Waals surface area contributed by atoms with Crippen molar-refractivity contribution in [3.63, 3.8) is 0 Å². The Kier molecular flexibility index (Phi) is 7.74. The van der Waals surface area contributed by atoms with Gasteiger partial charge < -0.3 is 4.74 Å². The van der Waals surface area contributed by atoms with Crippen molar-refractivity contribution < 1.29 is 23.2 Å². The molecule has 0 spiro atoms. The molecule has 0 unspecified atom stereocenters. The molecule has 3 heterocycles. The Bertz CT molecular complexity index is 1420. The fourth-order valence-corrected chi connectivity index (χ4v) is 6.11. The summed E-state index contributed by atoms with van der Waals surface area (Å²) < 4.78 is 34.0. The van der Waals surface area contributed by atoms with Gasteiger partial charge in [-0.05, 0) is 42.0 Å². The molecule has 0 fully saturated rings. The fraction of sp³-hybridized carbons (Fsp3) is 0.217. The summed E-state index contributed by atoms with van der Waals surface area (Å²) in [7, 11) is -0.789. The topological polar surface area (TPSA) is 140 Å². The fourth-order valence-electron chi connectivity index (χ4n) is 3.48. The van der Waals surface area contributed by atoms with Crippen molar-refractivity contribution in [1.29, 1.82) is 0 Å². The normalized spacial score (nSPS) is 12.4. The van der Waals surface area contributed by atoms with E-state index in [9.17, 15) is 18.4 Å². The van der Waals surface area contributed by atoms with Gasteiger partial charge in [-0.15, -0.1) is 16.4 Å². The number of ether oxygens (including phenoxy) is 1. The number of thiophene rings is 1. The zero-order valence-corrected chi connectivity index (χ0v) is 21.1. The number of sulfonamides is 1. The van der Waals surface area contributed by atoms with Crippen molar-refractivity contribution in [3.8, 4) is 16.3 Å². The lowest BCUT2D eigenvalue weighted by Crippen LogP contribution is -2.32. The second-order valence-electron chi connectivity index (χ2n) is 7.83. The highest BCUT2D eigenvalue weighted by Gasteiger charge is 2.26. The average Bonchev–Trinajstić information content (AvgIpc) is 3.58. The number of pyridine rings is 1. The number of aromatic nitrogens is 4. The smallest absolute Gasteiger partial charge is 0.268 e. The minimum Gasteiger partial charge on any atom is -0.497 e. The van der Waals surface area contributed by atoms with E-state index in [2.05, 4.69) is 15.3 Å². The van der Waals surface area contributed by atoms with Crippen LogP contribution in [-0.2, 0) is 27.8 Å². The number of nitrogens with zero attached hydrogens (tertiary/aromatic N) is 5. The van der Waals surface area contributed by atoms with E-state index in [1.165, 1.54) is 22.2 Å². The maximum atomic E-state index is 13.1. The monoisotopic (exact) mass is 528 g/mol. The molecule has 1 aromatic carbocycles. The molecule has 2 N–H and O–H groups in total. The van der Waals surface area contributed by atoms with E-state index in [0.29, 0.717) is 17.1 Å². The van der Waals surface area contributed by atoms with Gasteiger partial charge in [-0.2, -0.15) is 4.31 Å². The number of benzene rings is 1. The lowest BCUT2D eigenvalue weighted by atomic mass is 10.1. The Morgan fingerprint density at radius 3 is 2.64 bits per heavy atom. The second-order valence-corrected chi connectivity index (χ2v) is 11.2. The summed E-state index contributed by atoms with van der Waals surface area (Å²) in [5.74, 6) is -0.00373. The Balaban J connectivity index is 1.49. The predicted octanol–water partition coefficient (Wildman–Crippen LogP) is 2.52. The third-order valence-corrected chi connectivity index (χ3v) is 8.80. The van der Waals surface area contributed by atoms with Crippen molar-refractivity contribution in [2.24, 2.45) is 0 Å². The molecular weight excluding hydrogens is 504 g/mol. The molecule has 0 aliphatic rings. The van der Waals surface area contributed by atoms with Crippen molar-refractivity contribution in [2.45, 2.75) is 23.2 Å². The lowest BCUT2D eigenvalue weighted by molar-refractivity contribution is -0.133. The summed E-state index contributed by atoms with van der Waals surface area (Å²) in [5, 5.41) is 17.3. The van der Waals surface area contributed by atoms with Crippen LogP contribution in [0.25, 0.3) is 10.6 Å². The van der Waals surface area contributed by atoms with E-state index < -0.39 is 22.0 Å². The van der Waals surface area contributed by atoms with Crippen LogP contribution in [0.4, 0.5) is 0 Å². The Morgan fingerprint density at radius 2 is 1.97 bits per heavy atom.